The van der Waals surface area contributed by atoms with E-state index in [4.69, 9.17) is 0 Å². The van der Waals surface area contributed by atoms with Gasteiger partial charge in [-0.25, -0.2) is 0 Å². The van der Waals surface area contributed by atoms with Crippen molar-refractivity contribution in [2.45, 2.75) is 38.2 Å². The first-order valence-electron chi connectivity index (χ1n) is 5.48. The maximum Gasteiger partial charge on any atom is 0.0548 e. The van der Waals surface area contributed by atoms with Gasteiger partial charge in [-0.2, -0.15) is 0 Å². The van der Waals surface area contributed by atoms with Gasteiger partial charge >= 0.3 is 0 Å². The summed E-state index contributed by atoms with van der Waals surface area (Å²) in [6.07, 6.45) is 3.04. The molecule has 1 aromatic carbocycles. The van der Waals surface area contributed by atoms with E-state index in [1.54, 1.807) is 0 Å². The van der Waals surface area contributed by atoms with E-state index in [-0.39, 0.29) is 6.10 Å². The van der Waals surface area contributed by atoms with E-state index in [2.05, 4.69) is 31.2 Å². The van der Waals surface area contributed by atoms with E-state index in [1.807, 2.05) is 6.07 Å². The molecule has 1 heteroatoms. The SMILES string of the molecule is CC1CC(O)CC(c2ccccc2)C1. The first kappa shape index (κ1) is 9.72. The lowest BCUT2D eigenvalue weighted by molar-refractivity contribution is 0.0946. The Morgan fingerprint density at radius 1 is 1.07 bits per heavy atom. The van der Waals surface area contributed by atoms with Crippen LogP contribution in [0.1, 0.15) is 37.7 Å². The zero-order valence-electron chi connectivity index (χ0n) is 8.69. The number of aliphatic hydroxyl groups excluding tert-OH is 1. The molecule has 1 N–H and O–H groups in total. The molecule has 0 saturated heterocycles. The van der Waals surface area contributed by atoms with Gasteiger partial charge in [-0.05, 0) is 36.7 Å². The number of hydrogen-bond acceptors (Lipinski definition) is 1. The average molecular weight is 190 g/mol. The van der Waals surface area contributed by atoms with Crippen molar-refractivity contribution in [2.75, 3.05) is 0 Å². The molecule has 0 aliphatic heterocycles. The van der Waals surface area contributed by atoms with Crippen molar-refractivity contribution in [1.29, 1.82) is 0 Å². The lowest BCUT2D eigenvalue weighted by Gasteiger charge is -2.30. The maximum absolute atomic E-state index is 9.71. The van der Waals surface area contributed by atoms with E-state index in [1.165, 1.54) is 12.0 Å². The molecule has 1 fully saturated rings. The molecule has 76 valence electrons. The van der Waals surface area contributed by atoms with Crippen molar-refractivity contribution in [2.24, 2.45) is 5.92 Å². The van der Waals surface area contributed by atoms with Crippen LogP contribution in [-0.2, 0) is 0 Å². The molecule has 3 unspecified atom stereocenters. The van der Waals surface area contributed by atoms with Crippen LogP contribution < -0.4 is 0 Å². The second kappa shape index (κ2) is 4.14. The van der Waals surface area contributed by atoms with Gasteiger partial charge in [-0.15, -0.1) is 0 Å². The van der Waals surface area contributed by atoms with Crippen LogP contribution in [0.15, 0.2) is 30.3 Å². The van der Waals surface area contributed by atoms with Crippen LogP contribution in [0, 0.1) is 5.92 Å². The van der Waals surface area contributed by atoms with Crippen molar-refractivity contribution in [3.8, 4) is 0 Å². The summed E-state index contributed by atoms with van der Waals surface area (Å²) in [4.78, 5) is 0. The largest absolute Gasteiger partial charge is 0.393 e. The molecule has 14 heavy (non-hydrogen) atoms. The first-order chi connectivity index (χ1) is 6.75. The van der Waals surface area contributed by atoms with Gasteiger partial charge in [0.25, 0.3) is 0 Å². The number of hydrogen-bond donors (Lipinski definition) is 1. The molecule has 0 spiro atoms. The molecule has 1 aliphatic rings. The molecule has 0 bridgehead atoms. The average Bonchev–Trinajstić information content (AvgIpc) is 2.18. The number of aliphatic hydroxyl groups is 1. The highest BCUT2D eigenvalue weighted by molar-refractivity contribution is 5.20. The van der Waals surface area contributed by atoms with Gasteiger partial charge in [0.2, 0.25) is 0 Å². The molecular formula is C13H18O. The first-order valence-corrected chi connectivity index (χ1v) is 5.48. The Morgan fingerprint density at radius 2 is 1.79 bits per heavy atom. The molecule has 1 aliphatic carbocycles. The minimum Gasteiger partial charge on any atom is -0.393 e. The molecular weight excluding hydrogens is 172 g/mol. The smallest absolute Gasteiger partial charge is 0.0548 e. The Hall–Kier alpha value is -0.820. The highest BCUT2D eigenvalue weighted by atomic mass is 16.3. The van der Waals surface area contributed by atoms with Gasteiger partial charge in [0.15, 0.2) is 0 Å². The minimum atomic E-state index is -0.0936. The van der Waals surface area contributed by atoms with E-state index in [0.717, 1.165) is 12.8 Å². The second-order valence-corrected chi connectivity index (χ2v) is 4.57. The summed E-state index contributed by atoms with van der Waals surface area (Å²) in [5.74, 6) is 1.22. The summed E-state index contributed by atoms with van der Waals surface area (Å²) in [5.41, 5.74) is 1.39. The zero-order chi connectivity index (χ0) is 9.97. The van der Waals surface area contributed by atoms with Crippen LogP contribution in [0.3, 0.4) is 0 Å². The number of rotatable bonds is 1. The van der Waals surface area contributed by atoms with Gasteiger partial charge in [0, 0.05) is 0 Å². The summed E-state index contributed by atoms with van der Waals surface area (Å²) in [6, 6.07) is 10.6. The van der Waals surface area contributed by atoms with Gasteiger partial charge in [-0.1, -0.05) is 37.3 Å². The van der Waals surface area contributed by atoms with Gasteiger partial charge in [-0.3, -0.25) is 0 Å². The van der Waals surface area contributed by atoms with E-state index < -0.39 is 0 Å². The summed E-state index contributed by atoms with van der Waals surface area (Å²) in [6.45, 7) is 2.23. The van der Waals surface area contributed by atoms with Gasteiger partial charge in [0.05, 0.1) is 6.10 Å². The second-order valence-electron chi connectivity index (χ2n) is 4.57. The van der Waals surface area contributed by atoms with Crippen molar-refractivity contribution < 1.29 is 5.11 Å². The van der Waals surface area contributed by atoms with E-state index in [0.29, 0.717) is 11.8 Å². The van der Waals surface area contributed by atoms with Crippen LogP contribution in [0.2, 0.25) is 0 Å². The Bertz CT molecular complexity index is 271. The minimum absolute atomic E-state index is 0.0936. The third-order valence-corrected chi connectivity index (χ3v) is 3.19. The number of benzene rings is 1. The van der Waals surface area contributed by atoms with Crippen LogP contribution in [0.4, 0.5) is 0 Å². The fourth-order valence-corrected chi connectivity index (χ4v) is 2.56. The predicted octanol–water partition coefficient (Wildman–Crippen LogP) is 2.95. The fourth-order valence-electron chi connectivity index (χ4n) is 2.56. The van der Waals surface area contributed by atoms with E-state index >= 15 is 0 Å². The molecule has 1 aromatic rings. The van der Waals surface area contributed by atoms with Crippen molar-refractivity contribution >= 4 is 0 Å². The molecule has 1 nitrogen and oxygen atoms in total. The van der Waals surface area contributed by atoms with E-state index in [9.17, 15) is 5.11 Å². The standard InChI is InChI=1S/C13H18O/c1-10-7-12(9-13(14)8-10)11-5-3-2-4-6-11/h2-6,10,12-14H,7-9H2,1H3. The monoisotopic (exact) mass is 190 g/mol. The van der Waals surface area contributed by atoms with Crippen LogP contribution in [0.5, 0.6) is 0 Å². The molecule has 0 aromatic heterocycles. The Labute approximate surface area is 85.8 Å². The molecule has 0 radical (unpaired) electrons. The summed E-state index contributed by atoms with van der Waals surface area (Å²) >= 11 is 0. The normalized spacial score (nSPS) is 32.9. The lowest BCUT2D eigenvalue weighted by Crippen LogP contribution is -2.23. The topological polar surface area (TPSA) is 20.2 Å². The van der Waals surface area contributed by atoms with Gasteiger partial charge in [0.1, 0.15) is 0 Å². The van der Waals surface area contributed by atoms with Crippen LogP contribution in [0.25, 0.3) is 0 Å². The van der Waals surface area contributed by atoms with Gasteiger partial charge < -0.3 is 5.11 Å². The Kier molecular flexibility index (Phi) is 2.87. The Morgan fingerprint density at radius 3 is 2.43 bits per heavy atom. The third kappa shape index (κ3) is 2.16. The quantitative estimate of drug-likeness (QED) is 0.722. The summed E-state index contributed by atoms with van der Waals surface area (Å²) in [7, 11) is 0. The molecule has 1 saturated carbocycles. The molecule has 3 atom stereocenters. The van der Waals surface area contributed by atoms with Crippen LogP contribution in [-0.4, -0.2) is 11.2 Å². The summed E-state index contributed by atoms with van der Waals surface area (Å²) in [5, 5.41) is 9.71. The summed E-state index contributed by atoms with van der Waals surface area (Å²) < 4.78 is 0. The highest BCUT2D eigenvalue weighted by Crippen LogP contribution is 2.35. The van der Waals surface area contributed by atoms with Crippen molar-refractivity contribution in [1.82, 2.24) is 0 Å². The zero-order valence-corrected chi connectivity index (χ0v) is 8.69. The molecule has 0 amide bonds. The fraction of sp³-hybridized carbons (Fsp3) is 0.538. The highest BCUT2D eigenvalue weighted by Gasteiger charge is 2.25. The van der Waals surface area contributed by atoms with Crippen LogP contribution >= 0.6 is 0 Å². The maximum atomic E-state index is 9.71. The predicted molar refractivity (Wildman–Crippen MR) is 58.2 cm³/mol. The molecule has 0 heterocycles. The molecule has 2 rings (SSSR count). The lowest BCUT2D eigenvalue weighted by atomic mass is 9.77. The Balaban J connectivity index is 2.11. The third-order valence-electron chi connectivity index (χ3n) is 3.19. The van der Waals surface area contributed by atoms with Crippen molar-refractivity contribution in [3.05, 3.63) is 35.9 Å². The van der Waals surface area contributed by atoms with Crippen molar-refractivity contribution in [3.63, 3.8) is 0 Å².